The van der Waals surface area contributed by atoms with Crippen molar-refractivity contribution in [3.63, 3.8) is 0 Å². The molecule has 2 fully saturated rings. The summed E-state index contributed by atoms with van der Waals surface area (Å²) in [5.41, 5.74) is 6.74. The number of ether oxygens (including phenoxy) is 1. The lowest BCUT2D eigenvalue weighted by atomic mass is 9.81. The summed E-state index contributed by atoms with van der Waals surface area (Å²) in [6.45, 7) is 1.81. The van der Waals surface area contributed by atoms with Gasteiger partial charge in [-0.25, -0.2) is 27.7 Å². The summed E-state index contributed by atoms with van der Waals surface area (Å²) >= 11 is 0. The normalized spacial score (nSPS) is 18.4. The van der Waals surface area contributed by atoms with Crippen LogP contribution in [0.25, 0.3) is 16.8 Å². The van der Waals surface area contributed by atoms with E-state index in [-0.39, 0.29) is 61.8 Å². The van der Waals surface area contributed by atoms with Gasteiger partial charge in [0.15, 0.2) is 11.3 Å². The molecule has 49 heavy (non-hydrogen) atoms. The molecule has 0 unspecified atom stereocenters. The fraction of sp³-hybridized carbons (Fsp3) is 0.389. The highest BCUT2D eigenvalue weighted by Crippen LogP contribution is 2.45. The highest BCUT2D eigenvalue weighted by Gasteiger charge is 2.40. The molecule has 8 rings (SSSR count). The minimum Gasteiger partial charge on any atom is -0.449 e. The van der Waals surface area contributed by atoms with Gasteiger partial charge in [-0.2, -0.15) is 5.10 Å². The predicted molar refractivity (Wildman–Crippen MR) is 173 cm³/mol. The molecule has 2 saturated carbocycles. The molecule has 3 aromatic heterocycles. The molecule has 11 nitrogen and oxygen atoms in total. The molecular weight excluding hydrogens is 632 g/mol. The number of carbonyl (C=O) groups is 2. The molecule has 0 saturated heterocycles. The second-order valence-electron chi connectivity index (χ2n) is 13.4. The molecule has 2 aromatic carbocycles. The van der Waals surface area contributed by atoms with Gasteiger partial charge in [-0.3, -0.25) is 4.79 Å². The van der Waals surface area contributed by atoms with Crippen LogP contribution in [-0.2, 0) is 4.74 Å². The van der Waals surface area contributed by atoms with Crippen LogP contribution < -0.4 is 10.6 Å². The van der Waals surface area contributed by atoms with Crippen LogP contribution in [0.3, 0.4) is 0 Å². The van der Waals surface area contributed by atoms with Gasteiger partial charge in [-0.15, -0.1) is 0 Å². The van der Waals surface area contributed by atoms with E-state index in [1.165, 1.54) is 0 Å². The number of amides is 2. The monoisotopic (exact) mass is 667 g/mol. The Balaban J connectivity index is 1.01. The van der Waals surface area contributed by atoms with Gasteiger partial charge in [-0.05, 0) is 83.5 Å². The molecule has 0 aliphatic heterocycles. The van der Waals surface area contributed by atoms with Crippen LogP contribution in [-0.4, -0.2) is 49.4 Å². The van der Waals surface area contributed by atoms with Crippen LogP contribution in [0.1, 0.15) is 95.1 Å². The molecule has 5 aromatic rings. The van der Waals surface area contributed by atoms with Gasteiger partial charge >= 0.3 is 6.09 Å². The van der Waals surface area contributed by atoms with E-state index in [9.17, 15) is 18.4 Å². The Morgan fingerprint density at radius 2 is 1.63 bits per heavy atom. The highest BCUT2D eigenvalue weighted by molar-refractivity contribution is 5.93. The second kappa shape index (κ2) is 12.4. The van der Waals surface area contributed by atoms with Gasteiger partial charge in [0.25, 0.3) is 5.91 Å². The minimum absolute atomic E-state index is 0.0295. The molecule has 0 radical (unpaired) electrons. The molecule has 3 aliphatic carbocycles. The van der Waals surface area contributed by atoms with E-state index >= 15 is 0 Å². The quantitative estimate of drug-likeness (QED) is 0.177. The maximum atomic E-state index is 14.1. The first-order chi connectivity index (χ1) is 23.7. The molecular formula is C36H35F2N7O4. The number of aromatic nitrogens is 5. The summed E-state index contributed by atoms with van der Waals surface area (Å²) < 4.78 is 40.3. The number of nitrogens with zero attached hydrogens (tertiary/aromatic N) is 5. The maximum absolute atomic E-state index is 14.1. The highest BCUT2D eigenvalue weighted by atomic mass is 19.3. The van der Waals surface area contributed by atoms with E-state index in [1.807, 2.05) is 30.3 Å². The Morgan fingerprint density at radius 3 is 2.29 bits per heavy atom. The molecule has 252 valence electrons. The maximum Gasteiger partial charge on any atom is 0.407 e. The number of imidazole rings is 1. The van der Waals surface area contributed by atoms with Gasteiger partial charge in [0.05, 0.1) is 30.2 Å². The lowest BCUT2D eigenvalue weighted by Gasteiger charge is -2.33. The van der Waals surface area contributed by atoms with E-state index in [0.717, 1.165) is 40.7 Å². The average Bonchev–Trinajstić information content (AvgIpc) is 3.57. The van der Waals surface area contributed by atoms with Crippen LogP contribution >= 0.6 is 0 Å². The zero-order valence-electron chi connectivity index (χ0n) is 26.8. The number of carbonyl (C=O) groups excluding carboxylic acids is 2. The number of nitrogens with one attached hydrogen (secondary N) is 2. The van der Waals surface area contributed by atoms with Crippen LogP contribution in [0.15, 0.2) is 71.6 Å². The Hall–Kier alpha value is -5.20. The van der Waals surface area contributed by atoms with Crippen molar-refractivity contribution >= 4 is 17.6 Å². The third-order valence-corrected chi connectivity index (χ3v) is 10.1. The molecule has 2 N–H and O–H groups in total. The predicted octanol–water partition coefficient (Wildman–Crippen LogP) is 6.71. The van der Waals surface area contributed by atoms with Crippen molar-refractivity contribution in [1.29, 1.82) is 0 Å². The number of rotatable bonds is 9. The number of hydrogen-bond acceptors (Lipinski definition) is 8. The van der Waals surface area contributed by atoms with Gasteiger partial charge in [0.1, 0.15) is 12.3 Å². The summed E-state index contributed by atoms with van der Waals surface area (Å²) in [5.74, 6) is -3.34. The Labute approximate surface area is 280 Å². The zero-order chi connectivity index (χ0) is 33.7. The minimum atomic E-state index is -2.73. The molecule has 3 aliphatic rings. The Morgan fingerprint density at radius 1 is 0.959 bits per heavy atom. The average molecular weight is 668 g/mol. The van der Waals surface area contributed by atoms with Gasteiger partial charge < -0.3 is 15.4 Å². The number of alkyl halides is 2. The fourth-order valence-electron chi connectivity index (χ4n) is 7.38. The van der Waals surface area contributed by atoms with Crippen LogP contribution in [0, 0.1) is 18.8 Å². The summed E-state index contributed by atoms with van der Waals surface area (Å²) in [6, 6.07) is 17.3. The number of fused-ring (bicyclic) bond motifs is 4. The summed E-state index contributed by atoms with van der Waals surface area (Å²) in [5, 5.41) is 18.0. The Bertz CT molecular complexity index is 1980. The number of hydrogen-bond donors (Lipinski definition) is 2. The summed E-state index contributed by atoms with van der Waals surface area (Å²) in [7, 11) is 0. The largest absolute Gasteiger partial charge is 0.449 e. The van der Waals surface area contributed by atoms with Crippen LogP contribution in [0.2, 0.25) is 0 Å². The second-order valence-corrected chi connectivity index (χ2v) is 13.4. The molecule has 2 atom stereocenters. The molecule has 3 heterocycles. The summed E-state index contributed by atoms with van der Waals surface area (Å²) in [4.78, 5) is 31.2. The van der Waals surface area contributed by atoms with Gasteiger partial charge in [0, 0.05) is 18.8 Å². The SMILES string of the molecule is Cc1nonc1C(=O)N[C@H](c1cn2ncc([C@H](NC(=O)OCC3c4ccccc4-c4ccccc43)C3CC3)cc2n1)C1CCC(F)(F)CC1. The first-order valence-electron chi connectivity index (χ1n) is 16.7. The first kappa shape index (κ1) is 31.1. The topological polar surface area (TPSA) is 137 Å². The first-order valence-corrected chi connectivity index (χ1v) is 16.7. The van der Waals surface area contributed by atoms with Crippen molar-refractivity contribution in [2.75, 3.05) is 6.61 Å². The number of halogens is 2. The van der Waals surface area contributed by atoms with Crippen LogP contribution in [0.5, 0.6) is 0 Å². The number of alkyl carbamates (subject to hydrolysis) is 1. The summed E-state index contributed by atoms with van der Waals surface area (Å²) in [6.07, 6.45) is 4.70. The lowest BCUT2D eigenvalue weighted by Crippen LogP contribution is -2.37. The molecule has 2 amide bonds. The third kappa shape index (κ3) is 6.13. The van der Waals surface area contributed by atoms with Crippen molar-refractivity contribution in [2.24, 2.45) is 11.8 Å². The van der Waals surface area contributed by atoms with Crippen molar-refractivity contribution in [3.8, 4) is 11.1 Å². The van der Waals surface area contributed by atoms with E-state index < -0.39 is 24.0 Å². The van der Waals surface area contributed by atoms with Gasteiger partial charge in [0.2, 0.25) is 5.92 Å². The van der Waals surface area contributed by atoms with Crippen molar-refractivity contribution in [2.45, 2.75) is 69.4 Å². The van der Waals surface area contributed by atoms with E-state index in [2.05, 4.69) is 50.3 Å². The Kier molecular flexibility index (Phi) is 7.84. The zero-order valence-corrected chi connectivity index (χ0v) is 26.8. The van der Waals surface area contributed by atoms with Crippen molar-refractivity contribution < 1.29 is 27.7 Å². The standard InChI is InChI=1S/C36H35F2N7O4/c1-20-31(44-49-43-20)34(46)41-33(22-12-14-36(37,38)15-13-22)29-18-45-30(40-29)16-23(17-39-45)32(21-10-11-21)42-35(47)48-19-28-26-8-4-2-6-24(26)25-7-3-5-9-27(25)28/h2-9,16-18,21-22,28,32-33H,10-15,19H2,1H3,(H,41,46)(H,42,47)/t32-,33+/m1/s1. The van der Waals surface area contributed by atoms with E-state index in [1.54, 1.807) is 23.8 Å². The van der Waals surface area contributed by atoms with Gasteiger partial charge in [-0.1, -0.05) is 53.7 Å². The fourth-order valence-corrected chi connectivity index (χ4v) is 7.38. The molecule has 0 bridgehead atoms. The lowest BCUT2D eigenvalue weighted by molar-refractivity contribution is -0.0495. The smallest absolute Gasteiger partial charge is 0.407 e. The van der Waals surface area contributed by atoms with E-state index in [0.29, 0.717) is 17.0 Å². The molecule has 13 heteroatoms. The van der Waals surface area contributed by atoms with Crippen molar-refractivity contribution in [1.82, 2.24) is 35.5 Å². The molecule has 0 spiro atoms. The van der Waals surface area contributed by atoms with E-state index in [4.69, 9.17) is 14.3 Å². The van der Waals surface area contributed by atoms with Crippen molar-refractivity contribution in [3.05, 3.63) is 101 Å². The number of benzene rings is 2. The van der Waals surface area contributed by atoms with Crippen LogP contribution in [0.4, 0.5) is 13.6 Å². The third-order valence-electron chi connectivity index (χ3n) is 10.1. The number of aryl methyl sites for hydroxylation is 1.